The number of hydrogen-bond donors (Lipinski definition) is 3. The number of allylic oxidation sites excluding steroid dienone is 2. The molecule has 0 amide bonds. The second kappa shape index (κ2) is 6.30. The van der Waals surface area contributed by atoms with Crippen molar-refractivity contribution in [1.82, 2.24) is 10.2 Å². The van der Waals surface area contributed by atoms with Gasteiger partial charge in [-0.25, -0.2) is 0 Å². The van der Waals surface area contributed by atoms with Crippen molar-refractivity contribution in [2.45, 2.75) is 32.4 Å². The normalized spacial score (nSPS) is 22.1. The van der Waals surface area contributed by atoms with Gasteiger partial charge in [-0.3, -0.25) is 4.99 Å². The van der Waals surface area contributed by atoms with Gasteiger partial charge in [0, 0.05) is 19.1 Å². The number of aliphatic imine (C=N–C) groups is 1. The number of aliphatic hydroxyl groups is 1. The molecule has 1 fully saturated rings. The molecule has 17 heavy (non-hydrogen) atoms. The first-order chi connectivity index (χ1) is 8.02. The van der Waals surface area contributed by atoms with Crippen LogP contribution in [0.15, 0.2) is 29.5 Å². The van der Waals surface area contributed by atoms with Crippen LogP contribution in [-0.2, 0) is 0 Å². The zero-order valence-corrected chi connectivity index (χ0v) is 10.6. The molecule has 0 aromatic carbocycles. The molecule has 5 heteroatoms. The predicted octanol–water partition coefficient (Wildman–Crippen LogP) is 0.393. The smallest absolute Gasteiger partial charge is 0.194 e. The molecule has 0 aromatic heterocycles. The third kappa shape index (κ3) is 4.48. The Balaban J connectivity index is 2.67. The highest BCUT2D eigenvalue weighted by molar-refractivity contribution is 5.79. The van der Waals surface area contributed by atoms with Crippen molar-refractivity contribution in [3.05, 3.63) is 24.6 Å². The van der Waals surface area contributed by atoms with Crippen molar-refractivity contribution < 1.29 is 5.11 Å². The van der Waals surface area contributed by atoms with Gasteiger partial charge in [-0.2, -0.15) is 0 Å². The molecule has 0 bridgehead atoms. The molecule has 1 aliphatic heterocycles. The summed E-state index contributed by atoms with van der Waals surface area (Å²) in [7, 11) is 0. The lowest BCUT2D eigenvalue weighted by Crippen LogP contribution is -2.39. The standard InChI is InChI=1S/C12H22N4O/c1-4-5-11(15-12(13)14-9(2)3)16-7-6-10(17)8-16/h4-5,9-10,17H,1,6-8H2,2-3H3,(H3,13,14,15)/b11-5+. The maximum Gasteiger partial charge on any atom is 0.194 e. The minimum atomic E-state index is -0.270. The van der Waals surface area contributed by atoms with E-state index in [4.69, 9.17) is 5.73 Å². The van der Waals surface area contributed by atoms with Gasteiger partial charge in [0.2, 0.25) is 0 Å². The molecule has 0 saturated carbocycles. The van der Waals surface area contributed by atoms with Crippen LogP contribution in [0.5, 0.6) is 0 Å². The summed E-state index contributed by atoms with van der Waals surface area (Å²) in [6, 6.07) is 0.150. The fourth-order valence-corrected chi connectivity index (χ4v) is 1.74. The van der Waals surface area contributed by atoms with Crippen LogP contribution in [-0.4, -0.2) is 41.2 Å². The molecule has 1 atom stereocenters. The van der Waals surface area contributed by atoms with Crippen LogP contribution in [0.3, 0.4) is 0 Å². The Kier molecular flexibility index (Phi) is 5.03. The Bertz CT molecular complexity index is 322. The van der Waals surface area contributed by atoms with Gasteiger partial charge in [0.05, 0.1) is 6.10 Å². The molecular formula is C12H22N4O. The summed E-state index contributed by atoms with van der Waals surface area (Å²) >= 11 is 0. The van der Waals surface area contributed by atoms with Crippen LogP contribution < -0.4 is 11.1 Å². The van der Waals surface area contributed by atoms with Gasteiger partial charge < -0.3 is 21.1 Å². The second-order valence-corrected chi connectivity index (χ2v) is 4.41. The number of likely N-dealkylation sites (tertiary alicyclic amines) is 1. The number of β-amino-alcohol motifs (C(OH)–C–C–N with tert-alkyl or cyclic N) is 1. The summed E-state index contributed by atoms with van der Waals surface area (Å²) in [4.78, 5) is 6.25. The van der Waals surface area contributed by atoms with Crippen molar-refractivity contribution >= 4 is 5.96 Å². The Hall–Kier alpha value is -1.49. The summed E-state index contributed by atoms with van der Waals surface area (Å²) in [6.45, 7) is 9.02. The molecule has 1 unspecified atom stereocenters. The van der Waals surface area contributed by atoms with E-state index in [2.05, 4.69) is 16.9 Å². The Labute approximate surface area is 103 Å². The monoisotopic (exact) mass is 238 g/mol. The molecule has 1 heterocycles. The molecule has 0 radical (unpaired) electrons. The summed E-state index contributed by atoms with van der Waals surface area (Å²) in [6.07, 6.45) is 4.03. The molecule has 0 aromatic rings. The van der Waals surface area contributed by atoms with Crippen LogP contribution in [0.1, 0.15) is 20.3 Å². The number of nitrogens with one attached hydrogen (secondary N) is 1. The highest BCUT2D eigenvalue weighted by atomic mass is 16.3. The largest absolute Gasteiger partial charge is 0.391 e. The maximum absolute atomic E-state index is 9.51. The molecule has 5 nitrogen and oxygen atoms in total. The van der Waals surface area contributed by atoms with Crippen molar-refractivity contribution in [3.8, 4) is 0 Å². The number of guanidine groups is 1. The third-order valence-electron chi connectivity index (χ3n) is 2.43. The average Bonchev–Trinajstić information content (AvgIpc) is 2.63. The van der Waals surface area contributed by atoms with Crippen molar-refractivity contribution in [2.24, 2.45) is 10.7 Å². The molecule has 96 valence electrons. The molecular weight excluding hydrogens is 216 g/mol. The average molecular weight is 238 g/mol. The van der Waals surface area contributed by atoms with Crippen LogP contribution in [0.2, 0.25) is 0 Å². The van der Waals surface area contributed by atoms with E-state index in [1.165, 1.54) is 0 Å². The fourth-order valence-electron chi connectivity index (χ4n) is 1.74. The van der Waals surface area contributed by atoms with E-state index in [1.54, 1.807) is 6.08 Å². The first kappa shape index (κ1) is 13.6. The Morgan fingerprint density at radius 1 is 1.65 bits per heavy atom. The summed E-state index contributed by atoms with van der Waals surface area (Å²) in [5.41, 5.74) is 5.78. The minimum Gasteiger partial charge on any atom is -0.391 e. The number of nitrogens with two attached hydrogens (primary N) is 1. The van der Waals surface area contributed by atoms with Gasteiger partial charge in [0.1, 0.15) is 5.82 Å². The zero-order chi connectivity index (χ0) is 12.8. The van der Waals surface area contributed by atoms with E-state index in [-0.39, 0.29) is 12.1 Å². The summed E-state index contributed by atoms with van der Waals surface area (Å²) in [5, 5.41) is 12.6. The lowest BCUT2D eigenvalue weighted by atomic mass is 10.3. The molecule has 0 spiro atoms. The zero-order valence-electron chi connectivity index (χ0n) is 10.6. The van der Waals surface area contributed by atoms with Gasteiger partial charge in [-0.1, -0.05) is 12.7 Å². The second-order valence-electron chi connectivity index (χ2n) is 4.41. The molecule has 1 rings (SSSR count). The quantitative estimate of drug-likeness (QED) is 0.376. The molecule has 1 saturated heterocycles. The lowest BCUT2D eigenvalue weighted by Gasteiger charge is -2.22. The highest BCUT2D eigenvalue weighted by Crippen LogP contribution is 2.13. The van der Waals surface area contributed by atoms with Gasteiger partial charge in [-0.15, -0.1) is 0 Å². The van der Waals surface area contributed by atoms with Gasteiger partial charge in [-0.05, 0) is 26.3 Å². The van der Waals surface area contributed by atoms with Crippen molar-refractivity contribution in [3.63, 3.8) is 0 Å². The topological polar surface area (TPSA) is 73.9 Å². The predicted molar refractivity (Wildman–Crippen MR) is 70.4 cm³/mol. The molecule has 4 N–H and O–H groups in total. The van der Waals surface area contributed by atoms with E-state index >= 15 is 0 Å². The Morgan fingerprint density at radius 2 is 2.35 bits per heavy atom. The first-order valence-corrected chi connectivity index (χ1v) is 5.89. The number of hydrogen-bond acceptors (Lipinski definition) is 3. The summed E-state index contributed by atoms with van der Waals surface area (Å²) in [5.74, 6) is 1.22. The van der Waals surface area contributed by atoms with Crippen LogP contribution in [0.4, 0.5) is 0 Å². The van der Waals surface area contributed by atoms with Crippen LogP contribution in [0.25, 0.3) is 0 Å². The van der Waals surface area contributed by atoms with E-state index in [9.17, 15) is 5.11 Å². The van der Waals surface area contributed by atoms with E-state index in [1.807, 2.05) is 24.8 Å². The van der Waals surface area contributed by atoms with Crippen LogP contribution >= 0.6 is 0 Å². The summed E-state index contributed by atoms with van der Waals surface area (Å²) < 4.78 is 0. The molecule has 1 aliphatic rings. The van der Waals surface area contributed by atoms with E-state index in [0.717, 1.165) is 18.8 Å². The van der Waals surface area contributed by atoms with Gasteiger partial charge >= 0.3 is 0 Å². The van der Waals surface area contributed by atoms with Gasteiger partial charge in [0.15, 0.2) is 5.96 Å². The lowest BCUT2D eigenvalue weighted by molar-refractivity contribution is 0.183. The maximum atomic E-state index is 9.51. The van der Waals surface area contributed by atoms with Crippen molar-refractivity contribution in [2.75, 3.05) is 13.1 Å². The fraction of sp³-hybridized carbons (Fsp3) is 0.583. The highest BCUT2D eigenvalue weighted by Gasteiger charge is 2.22. The Morgan fingerprint density at radius 3 is 2.82 bits per heavy atom. The number of nitrogens with zero attached hydrogens (tertiary/aromatic N) is 2. The number of rotatable bonds is 4. The molecule has 0 aliphatic carbocycles. The van der Waals surface area contributed by atoms with Crippen molar-refractivity contribution in [1.29, 1.82) is 0 Å². The minimum absolute atomic E-state index is 0.150. The SMILES string of the molecule is C=C/C=C(\NC(N)=NC(C)C)N1CCC(O)C1. The van der Waals surface area contributed by atoms with Crippen LogP contribution in [0, 0.1) is 0 Å². The number of aliphatic hydroxyl groups excluding tert-OH is 1. The third-order valence-corrected chi connectivity index (χ3v) is 2.43. The van der Waals surface area contributed by atoms with E-state index in [0.29, 0.717) is 12.5 Å². The first-order valence-electron chi connectivity index (χ1n) is 5.89. The van der Waals surface area contributed by atoms with E-state index < -0.39 is 0 Å². The van der Waals surface area contributed by atoms with Gasteiger partial charge in [0.25, 0.3) is 0 Å².